The standard InChI is InChI=1S/C21H22N4O2/c1-25-18-10-5-4-9-16(18)23-19(25)11-6-12-22-20(26)13-17-14-7-2-3-8-15(14)21(27)24-17/h2-5,7-10,17H,6,11-13H2,1H3,(H,22,26)(H,24,27)/t17-/m0/s1. The van der Waals surface area contributed by atoms with E-state index in [2.05, 4.69) is 26.3 Å². The summed E-state index contributed by atoms with van der Waals surface area (Å²) >= 11 is 0. The molecule has 1 atom stereocenters. The van der Waals surface area contributed by atoms with Crippen molar-refractivity contribution >= 4 is 22.8 Å². The molecule has 2 aromatic carbocycles. The van der Waals surface area contributed by atoms with Crippen molar-refractivity contribution in [2.75, 3.05) is 6.54 Å². The lowest BCUT2D eigenvalue weighted by atomic mass is 10.0. The molecule has 2 amide bonds. The van der Waals surface area contributed by atoms with Crippen molar-refractivity contribution in [2.24, 2.45) is 7.05 Å². The number of hydrogen-bond donors (Lipinski definition) is 2. The van der Waals surface area contributed by atoms with Crippen LogP contribution in [-0.2, 0) is 18.3 Å². The van der Waals surface area contributed by atoms with E-state index in [0.717, 1.165) is 35.3 Å². The second-order valence-corrected chi connectivity index (χ2v) is 6.85. The number of nitrogens with zero attached hydrogens (tertiary/aromatic N) is 2. The number of hydrogen-bond acceptors (Lipinski definition) is 3. The molecule has 0 radical (unpaired) electrons. The number of aromatic nitrogens is 2. The highest BCUT2D eigenvalue weighted by atomic mass is 16.2. The third kappa shape index (κ3) is 3.43. The molecule has 2 N–H and O–H groups in total. The zero-order chi connectivity index (χ0) is 18.8. The number of benzene rings is 2. The smallest absolute Gasteiger partial charge is 0.252 e. The van der Waals surface area contributed by atoms with E-state index in [1.54, 1.807) is 6.07 Å². The number of rotatable bonds is 6. The SMILES string of the molecule is Cn1c(CCCNC(=O)C[C@@H]2NC(=O)c3ccccc32)nc2ccccc21. The number of fused-ring (bicyclic) bond motifs is 2. The lowest BCUT2D eigenvalue weighted by Crippen LogP contribution is -2.29. The van der Waals surface area contributed by atoms with Gasteiger partial charge in [0.2, 0.25) is 5.91 Å². The van der Waals surface area contributed by atoms with Crippen molar-refractivity contribution in [1.82, 2.24) is 20.2 Å². The Labute approximate surface area is 157 Å². The molecule has 0 aliphatic carbocycles. The van der Waals surface area contributed by atoms with Gasteiger partial charge in [0.25, 0.3) is 5.91 Å². The summed E-state index contributed by atoms with van der Waals surface area (Å²) in [6.45, 7) is 0.588. The largest absolute Gasteiger partial charge is 0.356 e. The van der Waals surface area contributed by atoms with Crippen molar-refractivity contribution in [2.45, 2.75) is 25.3 Å². The lowest BCUT2D eigenvalue weighted by molar-refractivity contribution is -0.121. The van der Waals surface area contributed by atoms with Crippen LogP contribution in [-0.4, -0.2) is 27.9 Å². The van der Waals surface area contributed by atoms with Gasteiger partial charge in [-0.25, -0.2) is 4.98 Å². The highest BCUT2D eigenvalue weighted by molar-refractivity contribution is 5.99. The number of carbonyl (C=O) groups is 2. The van der Waals surface area contributed by atoms with E-state index in [1.807, 2.05) is 43.4 Å². The van der Waals surface area contributed by atoms with E-state index < -0.39 is 0 Å². The van der Waals surface area contributed by atoms with Gasteiger partial charge in [0.15, 0.2) is 0 Å². The Morgan fingerprint density at radius 1 is 1.19 bits per heavy atom. The highest BCUT2D eigenvalue weighted by Gasteiger charge is 2.29. The third-order valence-corrected chi connectivity index (χ3v) is 5.05. The van der Waals surface area contributed by atoms with Crippen molar-refractivity contribution in [3.05, 3.63) is 65.5 Å². The average molecular weight is 362 g/mol. The lowest BCUT2D eigenvalue weighted by Gasteiger charge is -2.12. The van der Waals surface area contributed by atoms with Crippen LogP contribution in [0.4, 0.5) is 0 Å². The highest BCUT2D eigenvalue weighted by Crippen LogP contribution is 2.27. The minimum atomic E-state index is -0.242. The van der Waals surface area contributed by atoms with Gasteiger partial charge in [-0.2, -0.15) is 0 Å². The molecule has 0 spiro atoms. The van der Waals surface area contributed by atoms with Crippen LogP contribution < -0.4 is 10.6 Å². The number of nitrogens with one attached hydrogen (secondary N) is 2. The molecule has 138 valence electrons. The Kier molecular flexibility index (Phi) is 4.62. The van der Waals surface area contributed by atoms with E-state index in [0.29, 0.717) is 12.1 Å². The van der Waals surface area contributed by atoms with Gasteiger partial charge in [-0.15, -0.1) is 0 Å². The zero-order valence-electron chi connectivity index (χ0n) is 15.2. The summed E-state index contributed by atoms with van der Waals surface area (Å²) in [5, 5.41) is 5.83. The molecule has 4 rings (SSSR count). The normalized spacial score (nSPS) is 15.6. The van der Waals surface area contributed by atoms with Crippen LogP contribution >= 0.6 is 0 Å². The second-order valence-electron chi connectivity index (χ2n) is 6.85. The number of amides is 2. The second kappa shape index (κ2) is 7.23. The fraction of sp³-hybridized carbons (Fsp3) is 0.286. The minimum Gasteiger partial charge on any atom is -0.356 e. The number of aryl methyl sites for hydroxylation is 2. The van der Waals surface area contributed by atoms with E-state index in [-0.39, 0.29) is 24.3 Å². The van der Waals surface area contributed by atoms with Crippen molar-refractivity contribution < 1.29 is 9.59 Å². The minimum absolute atomic E-state index is 0.0537. The molecule has 0 fully saturated rings. The van der Waals surface area contributed by atoms with Gasteiger partial charge in [-0.1, -0.05) is 30.3 Å². The fourth-order valence-electron chi connectivity index (χ4n) is 3.63. The van der Waals surface area contributed by atoms with Gasteiger partial charge in [-0.3, -0.25) is 9.59 Å². The first-order valence-electron chi connectivity index (χ1n) is 9.20. The molecule has 0 saturated carbocycles. The van der Waals surface area contributed by atoms with Crippen LogP contribution in [0.1, 0.15) is 40.6 Å². The van der Waals surface area contributed by atoms with Crippen LogP contribution in [0.3, 0.4) is 0 Å². The molecule has 1 aliphatic heterocycles. The van der Waals surface area contributed by atoms with Gasteiger partial charge in [0.1, 0.15) is 5.82 Å². The molecular formula is C21H22N4O2. The van der Waals surface area contributed by atoms with E-state index in [9.17, 15) is 9.59 Å². The Hall–Kier alpha value is -3.15. The fourth-order valence-corrected chi connectivity index (χ4v) is 3.63. The molecule has 1 aromatic heterocycles. The Bertz CT molecular complexity index is 1010. The van der Waals surface area contributed by atoms with Gasteiger partial charge in [0, 0.05) is 25.6 Å². The Balaban J connectivity index is 1.28. The predicted octanol–water partition coefficient (Wildman–Crippen LogP) is 2.50. The van der Waals surface area contributed by atoms with Crippen molar-refractivity contribution in [3.63, 3.8) is 0 Å². The molecule has 27 heavy (non-hydrogen) atoms. The van der Waals surface area contributed by atoms with E-state index in [1.165, 1.54) is 0 Å². The maximum Gasteiger partial charge on any atom is 0.252 e. The number of imidazole rings is 1. The number of para-hydroxylation sites is 2. The van der Waals surface area contributed by atoms with Gasteiger partial charge < -0.3 is 15.2 Å². The summed E-state index contributed by atoms with van der Waals surface area (Å²) in [5.41, 5.74) is 3.68. The summed E-state index contributed by atoms with van der Waals surface area (Å²) in [6, 6.07) is 15.2. The summed E-state index contributed by atoms with van der Waals surface area (Å²) in [5.74, 6) is 0.856. The molecule has 1 aliphatic rings. The average Bonchev–Trinajstić information content (AvgIpc) is 3.17. The first-order chi connectivity index (χ1) is 13.1. The Morgan fingerprint density at radius 3 is 2.81 bits per heavy atom. The molecule has 3 aromatic rings. The Morgan fingerprint density at radius 2 is 1.96 bits per heavy atom. The summed E-state index contributed by atoms with van der Waals surface area (Å²) < 4.78 is 2.10. The molecule has 0 unspecified atom stereocenters. The third-order valence-electron chi connectivity index (χ3n) is 5.05. The first-order valence-corrected chi connectivity index (χ1v) is 9.20. The first kappa shape index (κ1) is 17.3. The number of carbonyl (C=O) groups excluding carboxylic acids is 2. The van der Waals surface area contributed by atoms with Gasteiger partial charge >= 0.3 is 0 Å². The van der Waals surface area contributed by atoms with E-state index >= 15 is 0 Å². The zero-order valence-corrected chi connectivity index (χ0v) is 15.2. The summed E-state index contributed by atoms with van der Waals surface area (Å²) in [4.78, 5) is 28.8. The maximum atomic E-state index is 12.3. The van der Waals surface area contributed by atoms with Crippen LogP contribution in [0, 0.1) is 0 Å². The van der Waals surface area contributed by atoms with Crippen LogP contribution in [0.2, 0.25) is 0 Å². The molecular weight excluding hydrogens is 340 g/mol. The van der Waals surface area contributed by atoms with Gasteiger partial charge in [-0.05, 0) is 30.2 Å². The maximum absolute atomic E-state index is 12.3. The monoisotopic (exact) mass is 362 g/mol. The quantitative estimate of drug-likeness (QED) is 0.662. The molecule has 0 bridgehead atoms. The van der Waals surface area contributed by atoms with Crippen LogP contribution in [0.25, 0.3) is 11.0 Å². The summed E-state index contributed by atoms with van der Waals surface area (Å²) in [7, 11) is 2.02. The van der Waals surface area contributed by atoms with Crippen molar-refractivity contribution in [1.29, 1.82) is 0 Å². The predicted molar refractivity (Wildman–Crippen MR) is 103 cm³/mol. The molecule has 2 heterocycles. The van der Waals surface area contributed by atoms with Gasteiger partial charge in [0.05, 0.1) is 23.5 Å². The summed E-state index contributed by atoms with van der Waals surface area (Å²) in [6.07, 6.45) is 1.88. The van der Waals surface area contributed by atoms with Crippen molar-refractivity contribution in [3.8, 4) is 0 Å². The molecule has 0 saturated heterocycles. The van der Waals surface area contributed by atoms with E-state index in [4.69, 9.17) is 0 Å². The van der Waals surface area contributed by atoms with Crippen LogP contribution in [0.5, 0.6) is 0 Å². The van der Waals surface area contributed by atoms with Crippen LogP contribution in [0.15, 0.2) is 48.5 Å². The molecule has 6 heteroatoms. The topological polar surface area (TPSA) is 76.0 Å². The molecule has 6 nitrogen and oxygen atoms in total.